The topological polar surface area (TPSA) is 108 Å². The number of sulfonamides is 1. The Labute approximate surface area is 160 Å². The van der Waals surface area contributed by atoms with Crippen molar-refractivity contribution in [1.82, 2.24) is 20.2 Å². The van der Waals surface area contributed by atoms with Crippen LogP contribution < -0.4 is 14.2 Å². The van der Waals surface area contributed by atoms with E-state index in [1.165, 1.54) is 42.8 Å². The lowest BCUT2D eigenvalue weighted by molar-refractivity contribution is 0.392. The first kappa shape index (κ1) is 19.0. The summed E-state index contributed by atoms with van der Waals surface area (Å²) in [4.78, 5) is -0.0259. The summed E-state index contributed by atoms with van der Waals surface area (Å²) >= 11 is 1.38. The summed E-state index contributed by atoms with van der Waals surface area (Å²) in [6.07, 6.45) is 1.85. The van der Waals surface area contributed by atoms with Crippen molar-refractivity contribution in [3.05, 3.63) is 42.5 Å². The fourth-order valence-electron chi connectivity index (χ4n) is 2.37. The number of tetrazole rings is 1. The van der Waals surface area contributed by atoms with Gasteiger partial charge in [0.25, 0.3) is 10.0 Å². The number of nitrogens with one attached hydrogen (secondary N) is 1. The predicted molar refractivity (Wildman–Crippen MR) is 101 cm³/mol. The number of ether oxygens (including phenoxy) is 2. The van der Waals surface area contributed by atoms with Gasteiger partial charge in [0, 0.05) is 6.07 Å². The highest BCUT2D eigenvalue weighted by molar-refractivity contribution is 7.98. The van der Waals surface area contributed by atoms with Crippen molar-refractivity contribution in [3.63, 3.8) is 0 Å². The van der Waals surface area contributed by atoms with E-state index < -0.39 is 10.0 Å². The Morgan fingerprint density at radius 2 is 1.93 bits per heavy atom. The summed E-state index contributed by atoms with van der Waals surface area (Å²) in [6.45, 7) is 0. The monoisotopic (exact) mass is 407 g/mol. The second-order valence-electron chi connectivity index (χ2n) is 5.25. The molecule has 27 heavy (non-hydrogen) atoms. The number of nitrogens with zero attached hydrogens (tertiary/aromatic N) is 4. The van der Waals surface area contributed by atoms with Crippen molar-refractivity contribution < 1.29 is 17.9 Å². The first-order valence-electron chi connectivity index (χ1n) is 7.66. The Hall–Kier alpha value is -2.79. The number of hydrogen-bond acceptors (Lipinski definition) is 8. The molecule has 0 aliphatic rings. The molecule has 142 valence electrons. The lowest BCUT2D eigenvalue weighted by Gasteiger charge is -2.13. The van der Waals surface area contributed by atoms with Crippen LogP contribution in [0.3, 0.4) is 0 Å². The van der Waals surface area contributed by atoms with Gasteiger partial charge in [0.2, 0.25) is 5.16 Å². The second-order valence-corrected chi connectivity index (χ2v) is 7.67. The van der Waals surface area contributed by atoms with Gasteiger partial charge in [-0.05, 0) is 47.0 Å². The summed E-state index contributed by atoms with van der Waals surface area (Å²) < 4.78 is 40.1. The first-order valence-corrected chi connectivity index (χ1v) is 10.4. The van der Waals surface area contributed by atoms with Crippen LogP contribution in [0.25, 0.3) is 5.69 Å². The van der Waals surface area contributed by atoms with Crippen LogP contribution in [-0.2, 0) is 10.0 Å². The molecule has 3 rings (SSSR count). The second kappa shape index (κ2) is 7.84. The van der Waals surface area contributed by atoms with Crippen molar-refractivity contribution in [2.24, 2.45) is 0 Å². The molecule has 0 spiro atoms. The number of aromatic nitrogens is 4. The number of anilines is 1. The third-order valence-corrected chi connectivity index (χ3v) is 5.65. The first-order chi connectivity index (χ1) is 13.0. The molecule has 0 aliphatic heterocycles. The van der Waals surface area contributed by atoms with Crippen molar-refractivity contribution in [3.8, 4) is 17.2 Å². The molecule has 1 N–H and O–H groups in total. The van der Waals surface area contributed by atoms with E-state index in [2.05, 4.69) is 20.2 Å². The van der Waals surface area contributed by atoms with Crippen molar-refractivity contribution >= 4 is 27.5 Å². The highest BCUT2D eigenvalue weighted by atomic mass is 32.2. The number of thioether (sulfide) groups is 1. The maximum absolute atomic E-state index is 12.9. The molecule has 1 heterocycles. The summed E-state index contributed by atoms with van der Waals surface area (Å²) in [5.41, 5.74) is 0.988. The van der Waals surface area contributed by atoms with Crippen LogP contribution in [0.5, 0.6) is 11.5 Å². The van der Waals surface area contributed by atoms with E-state index in [1.807, 2.05) is 6.26 Å². The Morgan fingerprint density at radius 3 is 2.63 bits per heavy atom. The van der Waals surface area contributed by atoms with Gasteiger partial charge in [0.05, 0.1) is 25.6 Å². The van der Waals surface area contributed by atoms with E-state index in [4.69, 9.17) is 9.47 Å². The molecular weight excluding hydrogens is 390 g/mol. The van der Waals surface area contributed by atoms with Gasteiger partial charge < -0.3 is 9.47 Å². The van der Waals surface area contributed by atoms with Crippen LogP contribution in [-0.4, -0.2) is 49.1 Å². The van der Waals surface area contributed by atoms with Gasteiger partial charge in [-0.1, -0.05) is 17.8 Å². The van der Waals surface area contributed by atoms with Gasteiger partial charge in [-0.25, -0.2) is 8.42 Å². The van der Waals surface area contributed by atoms with Gasteiger partial charge in [-0.2, -0.15) is 4.68 Å². The summed E-state index contributed by atoms with van der Waals surface area (Å²) in [5, 5.41) is 12.0. The van der Waals surface area contributed by atoms with Gasteiger partial charge in [-0.15, -0.1) is 5.10 Å². The average Bonchev–Trinajstić information content (AvgIpc) is 3.16. The molecule has 0 amide bonds. The third kappa shape index (κ3) is 3.98. The predicted octanol–water partition coefficient (Wildman–Crippen LogP) is 2.20. The molecule has 0 saturated heterocycles. The molecule has 9 nitrogen and oxygen atoms in total. The van der Waals surface area contributed by atoms with E-state index in [-0.39, 0.29) is 10.6 Å². The van der Waals surface area contributed by atoms with Gasteiger partial charge >= 0.3 is 0 Å². The maximum Gasteiger partial charge on any atom is 0.265 e. The Bertz CT molecular complexity index is 1050. The molecule has 0 saturated carbocycles. The normalized spacial score (nSPS) is 11.2. The molecule has 0 fully saturated rings. The number of hydrogen-bond donors (Lipinski definition) is 1. The van der Waals surface area contributed by atoms with Crippen LogP contribution >= 0.6 is 11.8 Å². The quantitative estimate of drug-likeness (QED) is 0.594. The lowest BCUT2D eigenvalue weighted by atomic mass is 10.3. The standard InChI is InChI=1S/C16H17N5O4S2/c1-24-13-7-8-14(25-2)15(10-13)27(22,23)18-11-5-4-6-12(9-11)21-16(26-3)17-19-20-21/h4-10,18H,1-3H3. The zero-order valence-electron chi connectivity index (χ0n) is 14.8. The summed E-state index contributed by atoms with van der Waals surface area (Å²) in [6, 6.07) is 11.3. The molecule has 2 aromatic carbocycles. The SMILES string of the molecule is COc1ccc(OC)c(S(=O)(=O)Nc2cccc(-n3nnnc3SC)c2)c1. The minimum absolute atomic E-state index is 0.0259. The minimum atomic E-state index is -3.91. The number of methoxy groups -OCH3 is 2. The molecule has 0 radical (unpaired) electrons. The Morgan fingerprint density at radius 1 is 1.11 bits per heavy atom. The smallest absolute Gasteiger partial charge is 0.265 e. The Kier molecular flexibility index (Phi) is 5.51. The summed E-state index contributed by atoms with van der Waals surface area (Å²) in [7, 11) is -1.04. The minimum Gasteiger partial charge on any atom is -0.497 e. The molecular formula is C16H17N5O4S2. The van der Waals surface area contributed by atoms with Crippen molar-refractivity contribution in [2.45, 2.75) is 10.1 Å². The lowest BCUT2D eigenvalue weighted by Crippen LogP contribution is -2.14. The van der Waals surface area contributed by atoms with E-state index in [0.29, 0.717) is 22.3 Å². The van der Waals surface area contributed by atoms with Gasteiger partial charge in [-0.3, -0.25) is 4.72 Å². The molecule has 3 aromatic rings. The highest BCUT2D eigenvalue weighted by Crippen LogP contribution is 2.30. The van der Waals surface area contributed by atoms with Crippen LogP contribution in [0.2, 0.25) is 0 Å². The van der Waals surface area contributed by atoms with Crippen molar-refractivity contribution in [2.75, 3.05) is 25.2 Å². The summed E-state index contributed by atoms with van der Waals surface area (Å²) in [5.74, 6) is 0.618. The van der Waals surface area contributed by atoms with Crippen LogP contribution in [0.4, 0.5) is 5.69 Å². The van der Waals surface area contributed by atoms with E-state index in [0.717, 1.165) is 0 Å². The van der Waals surface area contributed by atoms with Crippen LogP contribution in [0.1, 0.15) is 0 Å². The fraction of sp³-hybridized carbons (Fsp3) is 0.188. The largest absolute Gasteiger partial charge is 0.497 e. The zero-order valence-corrected chi connectivity index (χ0v) is 16.4. The maximum atomic E-state index is 12.9. The van der Waals surface area contributed by atoms with Crippen molar-refractivity contribution in [1.29, 1.82) is 0 Å². The Balaban J connectivity index is 1.97. The number of rotatable bonds is 7. The van der Waals surface area contributed by atoms with Gasteiger partial charge in [0.1, 0.15) is 16.4 Å². The number of benzene rings is 2. The van der Waals surface area contributed by atoms with E-state index >= 15 is 0 Å². The van der Waals surface area contributed by atoms with E-state index in [9.17, 15) is 8.42 Å². The molecule has 0 unspecified atom stereocenters. The van der Waals surface area contributed by atoms with Crippen LogP contribution in [0, 0.1) is 0 Å². The van der Waals surface area contributed by atoms with E-state index in [1.54, 1.807) is 30.3 Å². The fourth-order valence-corrected chi connectivity index (χ4v) is 4.04. The van der Waals surface area contributed by atoms with Gasteiger partial charge in [0.15, 0.2) is 0 Å². The molecule has 0 aliphatic carbocycles. The third-order valence-electron chi connectivity index (χ3n) is 3.63. The molecule has 11 heteroatoms. The average molecular weight is 407 g/mol. The highest BCUT2D eigenvalue weighted by Gasteiger charge is 2.21. The molecule has 0 bridgehead atoms. The van der Waals surface area contributed by atoms with Crippen LogP contribution in [0.15, 0.2) is 52.5 Å². The molecule has 0 atom stereocenters. The zero-order chi connectivity index (χ0) is 19.4. The molecule has 1 aromatic heterocycles.